The van der Waals surface area contributed by atoms with Crippen molar-refractivity contribution in [3.8, 4) is 0 Å². The highest BCUT2D eigenvalue weighted by Crippen LogP contribution is 2.57. The molecular weight excluding hydrogens is 287 g/mol. The van der Waals surface area contributed by atoms with Crippen molar-refractivity contribution in [2.45, 2.75) is 44.6 Å². The van der Waals surface area contributed by atoms with E-state index in [0.717, 1.165) is 17.4 Å². The summed E-state index contributed by atoms with van der Waals surface area (Å²) in [6, 6.07) is 4.44. The lowest BCUT2D eigenvalue weighted by Crippen LogP contribution is -2.49. The number of aliphatic hydroxyl groups is 1. The van der Waals surface area contributed by atoms with Crippen LogP contribution >= 0.6 is 11.6 Å². The van der Waals surface area contributed by atoms with Gasteiger partial charge in [0.25, 0.3) is 0 Å². The predicted octanol–water partition coefficient (Wildman–Crippen LogP) is 4.45. The van der Waals surface area contributed by atoms with E-state index in [4.69, 9.17) is 11.6 Å². The summed E-state index contributed by atoms with van der Waals surface area (Å²) >= 11 is 6.15. The Hall–Kier alpha value is -0.600. The van der Waals surface area contributed by atoms with E-state index >= 15 is 0 Å². The average molecular weight is 309 g/mol. The fourth-order valence-corrected chi connectivity index (χ4v) is 5.85. The van der Waals surface area contributed by atoms with Crippen LogP contribution in [-0.4, -0.2) is 11.2 Å². The lowest BCUT2D eigenvalue weighted by Gasteiger charge is -2.55. The third-order valence-corrected chi connectivity index (χ3v) is 6.55. The van der Waals surface area contributed by atoms with Crippen LogP contribution in [0.3, 0.4) is 0 Å². The van der Waals surface area contributed by atoms with E-state index in [2.05, 4.69) is 0 Å². The minimum Gasteiger partial charge on any atom is -0.392 e. The molecule has 1 aromatic rings. The van der Waals surface area contributed by atoms with Gasteiger partial charge in [0.1, 0.15) is 5.82 Å². The zero-order chi connectivity index (χ0) is 14.6. The normalized spacial score (nSPS) is 38.7. The molecule has 1 unspecified atom stereocenters. The van der Waals surface area contributed by atoms with Crippen LogP contribution in [0.4, 0.5) is 4.39 Å². The van der Waals surface area contributed by atoms with Gasteiger partial charge in [0.05, 0.1) is 6.10 Å². The summed E-state index contributed by atoms with van der Waals surface area (Å²) in [6.07, 6.45) is 6.73. The van der Waals surface area contributed by atoms with Crippen LogP contribution in [0.5, 0.6) is 0 Å². The van der Waals surface area contributed by atoms with Gasteiger partial charge in [-0.1, -0.05) is 11.6 Å². The molecule has 1 N–H and O–H groups in total. The van der Waals surface area contributed by atoms with Gasteiger partial charge in [-0.2, -0.15) is 0 Å². The van der Waals surface area contributed by atoms with Gasteiger partial charge in [0.2, 0.25) is 0 Å². The van der Waals surface area contributed by atoms with E-state index in [9.17, 15) is 9.50 Å². The van der Waals surface area contributed by atoms with Gasteiger partial charge in [-0.3, -0.25) is 0 Å². The van der Waals surface area contributed by atoms with Crippen LogP contribution in [0.15, 0.2) is 18.2 Å². The molecule has 114 valence electrons. The van der Waals surface area contributed by atoms with E-state index in [1.807, 2.05) is 0 Å². The summed E-state index contributed by atoms with van der Waals surface area (Å²) in [5.41, 5.74) is 0.748. The monoisotopic (exact) mass is 308 g/mol. The summed E-state index contributed by atoms with van der Waals surface area (Å²) in [7, 11) is 0. The summed E-state index contributed by atoms with van der Waals surface area (Å²) in [4.78, 5) is 0. The SMILES string of the molecule is OC(Cc1cc(F)ccc1Cl)C1C2CC3CC(C2)CC1C3. The summed E-state index contributed by atoms with van der Waals surface area (Å²) in [5, 5.41) is 11.3. The minimum atomic E-state index is -0.376. The minimum absolute atomic E-state index is 0.272. The summed E-state index contributed by atoms with van der Waals surface area (Å²) < 4.78 is 13.4. The fourth-order valence-electron chi connectivity index (χ4n) is 5.66. The molecule has 4 aliphatic carbocycles. The van der Waals surface area contributed by atoms with Crippen molar-refractivity contribution in [1.82, 2.24) is 0 Å². The van der Waals surface area contributed by atoms with Gasteiger partial charge >= 0.3 is 0 Å². The second kappa shape index (κ2) is 5.24. The molecule has 4 fully saturated rings. The maximum atomic E-state index is 13.4. The molecule has 1 aromatic carbocycles. The molecule has 1 atom stereocenters. The number of aliphatic hydroxyl groups excluding tert-OH is 1. The molecule has 0 aromatic heterocycles. The average Bonchev–Trinajstić information content (AvgIpc) is 2.41. The van der Waals surface area contributed by atoms with E-state index in [0.29, 0.717) is 29.2 Å². The number of hydrogen-bond donors (Lipinski definition) is 1. The topological polar surface area (TPSA) is 20.2 Å². The molecule has 5 rings (SSSR count). The molecule has 0 amide bonds. The fraction of sp³-hybridized carbons (Fsp3) is 0.667. The van der Waals surface area contributed by atoms with E-state index < -0.39 is 0 Å². The van der Waals surface area contributed by atoms with Gasteiger partial charge in [-0.15, -0.1) is 0 Å². The van der Waals surface area contributed by atoms with Crippen LogP contribution in [0.2, 0.25) is 5.02 Å². The van der Waals surface area contributed by atoms with Crippen LogP contribution < -0.4 is 0 Å². The quantitative estimate of drug-likeness (QED) is 0.874. The van der Waals surface area contributed by atoms with Crippen molar-refractivity contribution in [2.24, 2.45) is 29.6 Å². The molecule has 0 heterocycles. The summed E-state index contributed by atoms with van der Waals surface area (Å²) in [6.45, 7) is 0. The first-order valence-corrected chi connectivity index (χ1v) is 8.60. The van der Waals surface area contributed by atoms with E-state index in [1.54, 1.807) is 6.07 Å². The number of benzene rings is 1. The Balaban J connectivity index is 1.52. The highest BCUT2D eigenvalue weighted by atomic mass is 35.5. The van der Waals surface area contributed by atoms with Crippen LogP contribution in [0.1, 0.15) is 37.7 Å². The van der Waals surface area contributed by atoms with Crippen LogP contribution in [-0.2, 0) is 6.42 Å². The Morgan fingerprint density at radius 1 is 1.10 bits per heavy atom. The second-order valence-electron chi connectivity index (χ2n) is 7.52. The van der Waals surface area contributed by atoms with Crippen molar-refractivity contribution >= 4 is 11.6 Å². The number of halogens is 2. The number of rotatable bonds is 3. The zero-order valence-corrected chi connectivity index (χ0v) is 12.9. The first kappa shape index (κ1) is 14.0. The molecule has 0 aliphatic heterocycles. The van der Waals surface area contributed by atoms with Crippen molar-refractivity contribution < 1.29 is 9.50 Å². The van der Waals surface area contributed by atoms with Crippen molar-refractivity contribution in [3.63, 3.8) is 0 Å². The molecule has 1 nitrogen and oxygen atoms in total. The Kier molecular flexibility index (Phi) is 3.50. The lowest BCUT2D eigenvalue weighted by molar-refractivity contribution is -0.0887. The van der Waals surface area contributed by atoms with Crippen molar-refractivity contribution in [3.05, 3.63) is 34.6 Å². The standard InChI is InChI=1S/C18H22ClFO/c19-16-2-1-15(20)8-12(16)9-17(21)18-13-4-10-3-11(6-13)7-14(18)5-10/h1-2,8,10-11,13-14,17-18,21H,3-7,9H2. The molecule has 0 spiro atoms. The Morgan fingerprint density at radius 2 is 1.71 bits per heavy atom. The third-order valence-electron chi connectivity index (χ3n) is 6.18. The highest BCUT2D eigenvalue weighted by Gasteiger charge is 2.50. The van der Waals surface area contributed by atoms with Crippen LogP contribution in [0, 0.1) is 35.4 Å². The smallest absolute Gasteiger partial charge is 0.123 e. The molecule has 0 radical (unpaired) electrons. The van der Waals surface area contributed by atoms with Crippen molar-refractivity contribution in [2.75, 3.05) is 0 Å². The predicted molar refractivity (Wildman–Crippen MR) is 81.7 cm³/mol. The molecule has 4 bridgehead atoms. The molecular formula is C18H22ClFO. The maximum Gasteiger partial charge on any atom is 0.123 e. The largest absolute Gasteiger partial charge is 0.392 e. The molecule has 4 aliphatic rings. The third kappa shape index (κ3) is 2.51. The summed E-state index contributed by atoms with van der Waals surface area (Å²) in [5.74, 6) is 3.32. The second-order valence-corrected chi connectivity index (χ2v) is 7.92. The lowest BCUT2D eigenvalue weighted by atomic mass is 9.50. The first-order valence-electron chi connectivity index (χ1n) is 8.22. The van der Waals surface area contributed by atoms with Crippen molar-refractivity contribution in [1.29, 1.82) is 0 Å². The zero-order valence-electron chi connectivity index (χ0n) is 12.1. The first-order chi connectivity index (χ1) is 10.1. The highest BCUT2D eigenvalue weighted by molar-refractivity contribution is 6.31. The van der Waals surface area contributed by atoms with E-state index in [1.165, 1.54) is 44.2 Å². The number of hydrogen-bond acceptors (Lipinski definition) is 1. The van der Waals surface area contributed by atoms with Gasteiger partial charge in [-0.25, -0.2) is 4.39 Å². The van der Waals surface area contributed by atoms with Crippen LogP contribution in [0.25, 0.3) is 0 Å². The molecule has 21 heavy (non-hydrogen) atoms. The van der Waals surface area contributed by atoms with Gasteiger partial charge in [-0.05, 0) is 85.5 Å². The maximum absolute atomic E-state index is 13.4. The van der Waals surface area contributed by atoms with Gasteiger partial charge in [0, 0.05) is 11.4 Å². The Labute approximate surface area is 130 Å². The Morgan fingerprint density at radius 3 is 2.33 bits per heavy atom. The Bertz CT molecular complexity index is 516. The van der Waals surface area contributed by atoms with Gasteiger partial charge in [0.15, 0.2) is 0 Å². The molecule has 0 saturated heterocycles. The van der Waals surface area contributed by atoms with E-state index in [-0.39, 0.29) is 11.9 Å². The molecule has 3 heteroatoms. The molecule has 4 saturated carbocycles. The van der Waals surface area contributed by atoms with Gasteiger partial charge < -0.3 is 5.11 Å².